The van der Waals surface area contributed by atoms with Gasteiger partial charge >= 0.3 is 5.97 Å². The van der Waals surface area contributed by atoms with Gasteiger partial charge in [0.05, 0.1) is 7.11 Å². The minimum atomic E-state index is -0.523. The quantitative estimate of drug-likeness (QED) is 0.752. The van der Waals surface area contributed by atoms with Crippen molar-refractivity contribution >= 4 is 5.97 Å². The van der Waals surface area contributed by atoms with Crippen LogP contribution in [0, 0.1) is 5.92 Å². The molecule has 0 radical (unpaired) electrons. The number of methoxy groups -OCH3 is 1. The molecule has 1 rings (SSSR count). The van der Waals surface area contributed by atoms with Crippen LogP contribution in [0.25, 0.3) is 0 Å². The zero-order valence-electron chi connectivity index (χ0n) is 11.7. The summed E-state index contributed by atoms with van der Waals surface area (Å²) in [6, 6.07) is 0.478. The Morgan fingerprint density at radius 2 is 1.94 bits per heavy atom. The van der Waals surface area contributed by atoms with Gasteiger partial charge in [-0.15, -0.1) is 0 Å². The summed E-state index contributed by atoms with van der Waals surface area (Å²) in [7, 11) is 1.48. The van der Waals surface area contributed by atoms with E-state index >= 15 is 0 Å². The summed E-state index contributed by atoms with van der Waals surface area (Å²) in [4.78, 5) is 12.0. The van der Waals surface area contributed by atoms with Crippen LogP contribution >= 0.6 is 0 Å². The molecule has 0 aromatic carbocycles. The maximum Gasteiger partial charge on any atom is 0.325 e. The van der Waals surface area contributed by atoms with Gasteiger partial charge in [-0.1, -0.05) is 33.1 Å². The van der Waals surface area contributed by atoms with Crippen LogP contribution in [0.4, 0.5) is 0 Å². The van der Waals surface area contributed by atoms with Gasteiger partial charge < -0.3 is 4.74 Å². The van der Waals surface area contributed by atoms with E-state index in [0.29, 0.717) is 12.0 Å². The molecule has 0 saturated heterocycles. The highest BCUT2D eigenvalue weighted by Gasteiger charge is 2.36. The Morgan fingerprint density at radius 3 is 2.41 bits per heavy atom. The predicted octanol–water partition coefficient (Wildman–Crippen LogP) is 2.89. The number of ether oxygens (including phenoxy) is 1. The third kappa shape index (κ3) is 4.30. The van der Waals surface area contributed by atoms with Crippen LogP contribution in [0.5, 0.6) is 0 Å². The van der Waals surface area contributed by atoms with Crippen LogP contribution in [0.2, 0.25) is 0 Å². The highest BCUT2D eigenvalue weighted by atomic mass is 16.5. The fourth-order valence-corrected chi connectivity index (χ4v) is 2.94. The van der Waals surface area contributed by atoms with E-state index in [1.54, 1.807) is 0 Å². The van der Waals surface area contributed by atoms with Crippen molar-refractivity contribution in [2.75, 3.05) is 7.11 Å². The summed E-state index contributed by atoms with van der Waals surface area (Å²) in [5.41, 5.74) is -0.523. The van der Waals surface area contributed by atoms with E-state index in [-0.39, 0.29) is 5.97 Å². The average Bonchev–Trinajstić information content (AvgIpc) is 2.28. The van der Waals surface area contributed by atoms with Gasteiger partial charge in [0.1, 0.15) is 5.54 Å². The number of nitrogens with one attached hydrogen (secondary N) is 1. The molecule has 0 bridgehead atoms. The molecule has 0 aromatic rings. The molecular weight excluding hydrogens is 214 g/mol. The lowest BCUT2D eigenvalue weighted by molar-refractivity contribution is -0.149. The maximum absolute atomic E-state index is 12.0. The number of hydrogen-bond acceptors (Lipinski definition) is 3. The van der Waals surface area contributed by atoms with Crippen LogP contribution in [0.3, 0.4) is 0 Å². The van der Waals surface area contributed by atoms with Crippen molar-refractivity contribution < 1.29 is 9.53 Å². The first kappa shape index (κ1) is 14.5. The second-order valence-electron chi connectivity index (χ2n) is 5.90. The first-order valence-corrected chi connectivity index (χ1v) is 6.84. The number of carbonyl (C=O) groups is 1. The van der Waals surface area contributed by atoms with Crippen molar-refractivity contribution in [1.29, 1.82) is 0 Å². The average molecular weight is 241 g/mol. The van der Waals surface area contributed by atoms with E-state index in [0.717, 1.165) is 6.42 Å². The van der Waals surface area contributed by atoms with Gasteiger partial charge in [-0.3, -0.25) is 10.1 Å². The standard InChI is InChI=1S/C14H27NO2/c1-11(2)10-14(3,13(16)17-4)15-12-8-6-5-7-9-12/h11-12,15H,5-10H2,1-4H3. The molecule has 3 nitrogen and oxygen atoms in total. The molecule has 100 valence electrons. The SMILES string of the molecule is COC(=O)C(C)(CC(C)C)NC1CCCCC1. The van der Waals surface area contributed by atoms with Crippen molar-refractivity contribution in [2.24, 2.45) is 5.92 Å². The molecule has 1 saturated carbocycles. The smallest absolute Gasteiger partial charge is 0.325 e. The summed E-state index contributed by atoms with van der Waals surface area (Å²) < 4.78 is 4.96. The summed E-state index contributed by atoms with van der Waals surface area (Å²) in [6.07, 6.45) is 7.08. The highest BCUT2D eigenvalue weighted by Crippen LogP contribution is 2.24. The van der Waals surface area contributed by atoms with Gasteiger partial charge in [0.15, 0.2) is 0 Å². The summed E-state index contributed by atoms with van der Waals surface area (Å²) in [6.45, 7) is 6.26. The maximum atomic E-state index is 12.0. The molecule has 1 atom stereocenters. The second kappa shape index (κ2) is 6.39. The number of esters is 1. The summed E-state index contributed by atoms with van der Waals surface area (Å²) in [5.74, 6) is 0.354. The first-order valence-electron chi connectivity index (χ1n) is 6.84. The zero-order valence-corrected chi connectivity index (χ0v) is 11.7. The Labute approximate surface area is 105 Å². The normalized spacial score (nSPS) is 21.2. The van der Waals surface area contributed by atoms with Crippen molar-refractivity contribution in [1.82, 2.24) is 5.32 Å². The molecule has 3 heteroatoms. The molecule has 1 aliphatic carbocycles. The fraction of sp³-hybridized carbons (Fsp3) is 0.929. The lowest BCUT2D eigenvalue weighted by atomic mass is 9.87. The number of rotatable bonds is 5. The van der Waals surface area contributed by atoms with Gasteiger partial charge in [0.2, 0.25) is 0 Å². The Kier molecular flexibility index (Phi) is 5.44. The third-order valence-corrected chi connectivity index (χ3v) is 3.58. The van der Waals surface area contributed by atoms with E-state index in [9.17, 15) is 4.79 Å². The molecule has 17 heavy (non-hydrogen) atoms. The van der Waals surface area contributed by atoms with E-state index in [1.165, 1.54) is 39.2 Å². The van der Waals surface area contributed by atoms with Crippen molar-refractivity contribution in [2.45, 2.75) is 70.9 Å². The summed E-state index contributed by atoms with van der Waals surface area (Å²) >= 11 is 0. The van der Waals surface area contributed by atoms with E-state index in [4.69, 9.17) is 4.74 Å². The van der Waals surface area contributed by atoms with Gasteiger partial charge in [0, 0.05) is 6.04 Å². The largest absolute Gasteiger partial charge is 0.468 e. The fourth-order valence-electron chi connectivity index (χ4n) is 2.94. The minimum absolute atomic E-state index is 0.128. The van der Waals surface area contributed by atoms with E-state index in [2.05, 4.69) is 19.2 Å². The molecule has 0 heterocycles. The monoisotopic (exact) mass is 241 g/mol. The van der Waals surface area contributed by atoms with Crippen LogP contribution in [-0.2, 0) is 9.53 Å². The molecule has 1 fully saturated rings. The predicted molar refractivity (Wildman–Crippen MR) is 69.9 cm³/mol. The minimum Gasteiger partial charge on any atom is -0.468 e. The van der Waals surface area contributed by atoms with Crippen LogP contribution in [-0.4, -0.2) is 24.7 Å². The molecular formula is C14H27NO2. The molecule has 0 spiro atoms. The van der Waals surface area contributed by atoms with Crippen molar-refractivity contribution in [3.63, 3.8) is 0 Å². The van der Waals surface area contributed by atoms with E-state index in [1.807, 2.05) is 6.92 Å². The van der Waals surface area contributed by atoms with Gasteiger partial charge in [-0.05, 0) is 32.1 Å². The van der Waals surface area contributed by atoms with Crippen LogP contribution in [0.15, 0.2) is 0 Å². The van der Waals surface area contributed by atoms with Crippen LogP contribution in [0.1, 0.15) is 59.3 Å². The first-order chi connectivity index (χ1) is 7.98. The lowest BCUT2D eigenvalue weighted by Crippen LogP contribution is -2.55. The molecule has 1 unspecified atom stereocenters. The van der Waals surface area contributed by atoms with Crippen molar-refractivity contribution in [3.8, 4) is 0 Å². The number of carbonyl (C=O) groups excluding carboxylic acids is 1. The zero-order chi connectivity index (χ0) is 12.9. The van der Waals surface area contributed by atoms with Gasteiger partial charge in [-0.25, -0.2) is 0 Å². The number of hydrogen-bond donors (Lipinski definition) is 1. The van der Waals surface area contributed by atoms with E-state index < -0.39 is 5.54 Å². The molecule has 1 aliphatic rings. The van der Waals surface area contributed by atoms with Gasteiger partial charge in [0.25, 0.3) is 0 Å². The Hall–Kier alpha value is -0.570. The molecule has 0 aromatic heterocycles. The second-order valence-corrected chi connectivity index (χ2v) is 5.90. The Bertz CT molecular complexity index is 247. The lowest BCUT2D eigenvalue weighted by Gasteiger charge is -2.35. The molecule has 0 amide bonds. The van der Waals surface area contributed by atoms with Crippen molar-refractivity contribution in [3.05, 3.63) is 0 Å². The van der Waals surface area contributed by atoms with Crippen LogP contribution < -0.4 is 5.32 Å². The third-order valence-electron chi connectivity index (χ3n) is 3.58. The Morgan fingerprint density at radius 1 is 1.35 bits per heavy atom. The highest BCUT2D eigenvalue weighted by molar-refractivity contribution is 5.80. The van der Waals surface area contributed by atoms with Gasteiger partial charge in [-0.2, -0.15) is 0 Å². The molecule has 0 aliphatic heterocycles. The summed E-state index contributed by atoms with van der Waals surface area (Å²) in [5, 5.41) is 3.54. The molecule has 1 N–H and O–H groups in total. The topological polar surface area (TPSA) is 38.3 Å². The Balaban J connectivity index is 2.64.